The Kier molecular flexibility index (Phi) is 8.15. The number of hydrogen-bond donors (Lipinski definition) is 2. The van der Waals surface area contributed by atoms with Crippen molar-refractivity contribution < 1.29 is 13.2 Å². The summed E-state index contributed by atoms with van der Waals surface area (Å²) in [6.07, 6.45) is 2.88. The van der Waals surface area contributed by atoms with Gasteiger partial charge in [0.25, 0.3) is 0 Å². The lowest BCUT2D eigenvalue weighted by Crippen LogP contribution is -2.31. The molecule has 6 nitrogen and oxygen atoms in total. The maximum Gasteiger partial charge on any atom is 0.241 e. The Morgan fingerprint density at radius 3 is 2.36 bits per heavy atom. The molecule has 0 saturated carbocycles. The molecule has 0 spiro atoms. The number of unbranched alkanes of at least 4 members (excludes halogenated alkanes) is 1. The lowest BCUT2D eigenvalue weighted by molar-refractivity contribution is -0.120. The van der Waals surface area contributed by atoms with Crippen LogP contribution in [0.2, 0.25) is 0 Å². The van der Waals surface area contributed by atoms with E-state index in [1.165, 1.54) is 0 Å². The Morgan fingerprint density at radius 2 is 1.75 bits per heavy atom. The van der Waals surface area contributed by atoms with Gasteiger partial charge in [-0.15, -0.1) is 11.3 Å². The number of thiazole rings is 1. The fourth-order valence-corrected chi connectivity index (χ4v) is 5.50. The molecule has 0 atom stereocenters. The monoisotopic (exact) mass is 423 g/mol. The van der Waals surface area contributed by atoms with Crippen LogP contribution in [0.4, 0.5) is 0 Å². The first-order valence-electron chi connectivity index (χ1n) is 9.44. The first-order valence-corrected chi connectivity index (χ1v) is 11.8. The van der Waals surface area contributed by atoms with Gasteiger partial charge in [-0.3, -0.25) is 4.79 Å². The Hall–Kier alpha value is -1.77. The van der Waals surface area contributed by atoms with Crippen molar-refractivity contribution in [2.24, 2.45) is 0 Å². The third kappa shape index (κ3) is 6.68. The highest BCUT2D eigenvalue weighted by Gasteiger charge is 2.19. The first-order chi connectivity index (χ1) is 13.2. The van der Waals surface area contributed by atoms with Crippen molar-refractivity contribution in [3.05, 3.63) is 44.9 Å². The van der Waals surface area contributed by atoms with Gasteiger partial charge in [-0.05, 0) is 58.1 Å². The summed E-state index contributed by atoms with van der Waals surface area (Å²) in [5.41, 5.74) is 3.50. The number of benzene rings is 1. The molecule has 2 aromatic rings. The number of rotatable bonds is 10. The minimum Gasteiger partial charge on any atom is -0.356 e. The van der Waals surface area contributed by atoms with E-state index in [-0.39, 0.29) is 18.9 Å². The summed E-state index contributed by atoms with van der Waals surface area (Å²) in [5.74, 6) is -0.148. The van der Waals surface area contributed by atoms with Crippen LogP contribution in [-0.4, -0.2) is 32.4 Å². The molecule has 8 heteroatoms. The summed E-state index contributed by atoms with van der Waals surface area (Å²) in [7, 11) is -3.63. The van der Waals surface area contributed by atoms with Crippen molar-refractivity contribution in [1.82, 2.24) is 15.0 Å². The number of carbonyl (C=O) groups excluding carboxylic acids is 1. The zero-order valence-electron chi connectivity index (χ0n) is 17.0. The maximum atomic E-state index is 12.6. The summed E-state index contributed by atoms with van der Waals surface area (Å²) >= 11 is 1.66. The fourth-order valence-electron chi connectivity index (χ4n) is 3.20. The van der Waals surface area contributed by atoms with E-state index in [9.17, 15) is 13.2 Å². The molecule has 1 aromatic heterocycles. The van der Waals surface area contributed by atoms with E-state index in [2.05, 4.69) is 15.0 Å². The maximum absolute atomic E-state index is 12.6. The van der Waals surface area contributed by atoms with Gasteiger partial charge in [0.1, 0.15) is 0 Å². The molecular formula is C20H29N3O3S2. The van der Waals surface area contributed by atoms with E-state index in [0.717, 1.165) is 35.5 Å². The minimum absolute atomic E-state index is 0.0827. The average molecular weight is 424 g/mol. The van der Waals surface area contributed by atoms with Gasteiger partial charge in [0.05, 0.1) is 9.90 Å². The van der Waals surface area contributed by atoms with E-state index in [4.69, 9.17) is 0 Å². The van der Waals surface area contributed by atoms with Crippen molar-refractivity contribution in [2.75, 3.05) is 13.1 Å². The van der Waals surface area contributed by atoms with Crippen molar-refractivity contribution in [1.29, 1.82) is 0 Å². The fraction of sp³-hybridized carbons (Fsp3) is 0.500. The van der Waals surface area contributed by atoms with Gasteiger partial charge in [-0.1, -0.05) is 17.7 Å². The van der Waals surface area contributed by atoms with Gasteiger partial charge in [-0.2, -0.15) is 0 Å². The van der Waals surface area contributed by atoms with Crippen LogP contribution in [0, 0.1) is 27.7 Å². The molecule has 1 amide bonds. The number of nitrogens with zero attached hydrogens (tertiary/aromatic N) is 1. The molecule has 2 rings (SSSR count). The second kappa shape index (κ2) is 10.1. The average Bonchev–Trinajstić information content (AvgIpc) is 2.98. The molecule has 2 N–H and O–H groups in total. The largest absolute Gasteiger partial charge is 0.356 e. The van der Waals surface area contributed by atoms with Crippen LogP contribution < -0.4 is 10.0 Å². The molecule has 0 aliphatic carbocycles. The molecular weight excluding hydrogens is 394 g/mol. The zero-order valence-corrected chi connectivity index (χ0v) is 18.6. The predicted octanol–water partition coefficient (Wildman–Crippen LogP) is 3.18. The Labute approximate surface area is 171 Å². The molecule has 0 saturated heterocycles. The van der Waals surface area contributed by atoms with Crippen molar-refractivity contribution in [2.45, 2.75) is 58.3 Å². The third-order valence-electron chi connectivity index (χ3n) is 4.32. The molecule has 0 bridgehead atoms. The van der Waals surface area contributed by atoms with E-state index >= 15 is 0 Å². The molecule has 1 heterocycles. The normalized spacial score (nSPS) is 11.6. The molecule has 0 aliphatic heterocycles. The SMILES string of the molecule is Cc1cc(C)c(S(=O)(=O)NCCC(=O)NCCCCc2nc(C)cs2)c(C)c1. The van der Waals surface area contributed by atoms with Crippen LogP contribution in [-0.2, 0) is 21.2 Å². The van der Waals surface area contributed by atoms with Crippen molar-refractivity contribution in [3.8, 4) is 0 Å². The number of aryl methyl sites for hydroxylation is 5. The summed E-state index contributed by atoms with van der Waals surface area (Å²) in [6.45, 7) is 8.16. The van der Waals surface area contributed by atoms with Crippen LogP contribution in [0.5, 0.6) is 0 Å². The summed E-state index contributed by atoms with van der Waals surface area (Å²) in [4.78, 5) is 16.6. The van der Waals surface area contributed by atoms with E-state index in [1.807, 2.05) is 31.4 Å². The van der Waals surface area contributed by atoms with Gasteiger partial charge in [0, 0.05) is 30.6 Å². The highest BCUT2D eigenvalue weighted by molar-refractivity contribution is 7.89. The molecule has 0 fully saturated rings. The van der Waals surface area contributed by atoms with E-state index in [1.54, 1.807) is 25.2 Å². The predicted molar refractivity (Wildman–Crippen MR) is 113 cm³/mol. The number of hydrogen-bond acceptors (Lipinski definition) is 5. The van der Waals surface area contributed by atoms with Crippen LogP contribution in [0.15, 0.2) is 22.4 Å². The Bertz CT molecular complexity index is 898. The van der Waals surface area contributed by atoms with Crippen molar-refractivity contribution >= 4 is 27.3 Å². The van der Waals surface area contributed by atoms with Crippen LogP contribution in [0.1, 0.15) is 46.7 Å². The number of carbonyl (C=O) groups is 1. The van der Waals surface area contributed by atoms with Gasteiger partial charge < -0.3 is 5.32 Å². The number of amides is 1. The lowest BCUT2D eigenvalue weighted by atomic mass is 10.1. The second-order valence-electron chi connectivity index (χ2n) is 7.07. The summed E-state index contributed by atoms with van der Waals surface area (Å²) in [5, 5.41) is 6.00. The number of sulfonamides is 1. The Morgan fingerprint density at radius 1 is 1.07 bits per heavy atom. The van der Waals surface area contributed by atoms with Crippen LogP contribution in [0.25, 0.3) is 0 Å². The molecule has 0 radical (unpaired) electrons. The highest BCUT2D eigenvalue weighted by atomic mass is 32.2. The van der Waals surface area contributed by atoms with E-state index < -0.39 is 10.0 Å². The van der Waals surface area contributed by atoms with Gasteiger partial charge >= 0.3 is 0 Å². The van der Waals surface area contributed by atoms with Crippen molar-refractivity contribution in [3.63, 3.8) is 0 Å². The highest BCUT2D eigenvalue weighted by Crippen LogP contribution is 2.21. The molecule has 0 unspecified atom stereocenters. The molecule has 28 heavy (non-hydrogen) atoms. The standard InChI is InChI=1S/C20H29N3O3S2/c1-14-11-15(2)20(16(3)12-14)28(25,26)22-10-8-18(24)21-9-6-5-7-19-23-17(4)13-27-19/h11-13,22H,5-10H2,1-4H3,(H,21,24). The lowest BCUT2D eigenvalue weighted by Gasteiger charge is -2.13. The smallest absolute Gasteiger partial charge is 0.241 e. The second-order valence-corrected chi connectivity index (χ2v) is 9.71. The van der Waals surface area contributed by atoms with Crippen LogP contribution in [0.3, 0.4) is 0 Å². The van der Waals surface area contributed by atoms with Crippen LogP contribution >= 0.6 is 11.3 Å². The molecule has 1 aromatic carbocycles. The van der Waals surface area contributed by atoms with Gasteiger partial charge in [0.2, 0.25) is 15.9 Å². The quantitative estimate of drug-likeness (QED) is 0.575. The molecule has 154 valence electrons. The first kappa shape index (κ1) is 22.5. The summed E-state index contributed by atoms with van der Waals surface area (Å²) in [6, 6.07) is 3.70. The third-order valence-corrected chi connectivity index (χ3v) is 7.12. The molecule has 0 aliphatic rings. The number of aromatic nitrogens is 1. The Balaban J connectivity index is 1.70. The van der Waals surface area contributed by atoms with E-state index in [0.29, 0.717) is 22.6 Å². The van der Waals surface area contributed by atoms with Gasteiger partial charge in [-0.25, -0.2) is 18.1 Å². The van der Waals surface area contributed by atoms with Gasteiger partial charge in [0.15, 0.2) is 0 Å². The minimum atomic E-state index is -3.63. The topological polar surface area (TPSA) is 88.2 Å². The summed E-state index contributed by atoms with van der Waals surface area (Å²) < 4.78 is 27.6. The zero-order chi connectivity index (χ0) is 20.7. The number of nitrogens with one attached hydrogen (secondary N) is 2.